The minimum Gasteiger partial charge on any atom is -0.473 e. The molecule has 0 bridgehead atoms. The van der Waals surface area contributed by atoms with Gasteiger partial charge in [-0.25, -0.2) is 9.97 Å². The Bertz CT molecular complexity index is 759. The molecule has 0 aliphatic carbocycles. The van der Waals surface area contributed by atoms with Gasteiger partial charge in [-0.05, 0) is 20.3 Å². The van der Waals surface area contributed by atoms with Gasteiger partial charge in [0, 0.05) is 6.42 Å². The first-order valence-electron chi connectivity index (χ1n) is 6.34. The molecule has 0 saturated heterocycles. The minimum atomic E-state index is 0.642. The lowest BCUT2D eigenvalue weighted by Crippen LogP contribution is -1.99. The lowest BCUT2D eigenvalue weighted by Gasteiger charge is -2.02. The molecule has 0 radical (unpaired) electrons. The van der Waals surface area contributed by atoms with Crippen LogP contribution < -0.4 is 4.74 Å². The molecular formula is C13H16N4OS. The number of aryl methyl sites for hydroxylation is 3. The highest BCUT2D eigenvalue weighted by Gasteiger charge is 2.17. The zero-order valence-corrected chi connectivity index (χ0v) is 12.3. The van der Waals surface area contributed by atoms with Gasteiger partial charge in [0.1, 0.15) is 5.82 Å². The quantitative estimate of drug-likeness (QED) is 0.738. The van der Waals surface area contributed by atoms with Crippen LogP contribution in [0.25, 0.3) is 16.0 Å². The van der Waals surface area contributed by atoms with Crippen molar-refractivity contribution in [1.82, 2.24) is 19.4 Å². The SMILES string of the molecule is CCCc1nc(C)c2c(C)nc3sc(OC)nc3n12. The summed E-state index contributed by atoms with van der Waals surface area (Å²) in [5.41, 5.74) is 3.93. The van der Waals surface area contributed by atoms with Gasteiger partial charge >= 0.3 is 0 Å². The van der Waals surface area contributed by atoms with E-state index in [2.05, 4.69) is 26.3 Å². The second kappa shape index (κ2) is 4.45. The van der Waals surface area contributed by atoms with E-state index in [1.54, 1.807) is 7.11 Å². The van der Waals surface area contributed by atoms with Gasteiger partial charge in [-0.15, -0.1) is 0 Å². The summed E-state index contributed by atoms with van der Waals surface area (Å²) < 4.78 is 7.36. The van der Waals surface area contributed by atoms with Gasteiger partial charge in [-0.1, -0.05) is 18.3 Å². The van der Waals surface area contributed by atoms with E-state index >= 15 is 0 Å². The standard InChI is InChI=1S/C13H16N4OS/c1-5-6-9-14-7(2)10-8(3)15-12-11(17(9)10)16-13(18-4)19-12/h5-6H2,1-4H3. The van der Waals surface area contributed by atoms with Crippen LogP contribution in [0.2, 0.25) is 0 Å². The van der Waals surface area contributed by atoms with Gasteiger partial charge in [0.15, 0.2) is 10.5 Å². The van der Waals surface area contributed by atoms with Crippen LogP contribution in [-0.4, -0.2) is 26.5 Å². The van der Waals surface area contributed by atoms with E-state index < -0.39 is 0 Å². The van der Waals surface area contributed by atoms with Crippen molar-refractivity contribution >= 4 is 27.3 Å². The number of rotatable bonds is 3. The maximum atomic E-state index is 5.23. The van der Waals surface area contributed by atoms with Gasteiger partial charge < -0.3 is 4.74 Å². The third-order valence-electron chi connectivity index (χ3n) is 3.17. The number of imidazole rings is 1. The Morgan fingerprint density at radius 3 is 2.58 bits per heavy atom. The first-order valence-corrected chi connectivity index (χ1v) is 7.16. The van der Waals surface area contributed by atoms with Gasteiger partial charge in [0.2, 0.25) is 0 Å². The van der Waals surface area contributed by atoms with Crippen LogP contribution in [0.15, 0.2) is 0 Å². The van der Waals surface area contributed by atoms with Crippen molar-refractivity contribution in [3.8, 4) is 5.19 Å². The fourth-order valence-electron chi connectivity index (χ4n) is 2.43. The van der Waals surface area contributed by atoms with Crippen LogP contribution in [0.3, 0.4) is 0 Å². The third kappa shape index (κ3) is 1.78. The van der Waals surface area contributed by atoms with Crippen molar-refractivity contribution in [2.75, 3.05) is 7.11 Å². The summed E-state index contributed by atoms with van der Waals surface area (Å²) in [6.45, 7) is 6.20. The zero-order chi connectivity index (χ0) is 13.6. The van der Waals surface area contributed by atoms with Crippen molar-refractivity contribution in [3.05, 3.63) is 17.2 Å². The van der Waals surface area contributed by atoms with Crippen LogP contribution >= 0.6 is 11.3 Å². The average molecular weight is 276 g/mol. The lowest BCUT2D eigenvalue weighted by molar-refractivity contribution is 0.412. The maximum Gasteiger partial charge on any atom is 0.277 e. The Morgan fingerprint density at radius 2 is 1.89 bits per heavy atom. The summed E-state index contributed by atoms with van der Waals surface area (Å²) in [5, 5.41) is 0.642. The molecule has 19 heavy (non-hydrogen) atoms. The molecule has 100 valence electrons. The lowest BCUT2D eigenvalue weighted by atomic mass is 10.3. The van der Waals surface area contributed by atoms with Crippen molar-refractivity contribution < 1.29 is 4.74 Å². The number of ether oxygens (including phenoxy) is 1. The van der Waals surface area contributed by atoms with Crippen LogP contribution in [0.5, 0.6) is 5.19 Å². The van der Waals surface area contributed by atoms with Crippen LogP contribution in [0, 0.1) is 13.8 Å². The molecule has 3 aromatic rings. The van der Waals surface area contributed by atoms with E-state index in [0.29, 0.717) is 5.19 Å². The summed E-state index contributed by atoms with van der Waals surface area (Å²) in [7, 11) is 1.63. The molecule has 0 aliphatic rings. The predicted molar refractivity (Wildman–Crippen MR) is 76.2 cm³/mol. The number of thiazole rings is 1. The molecule has 0 N–H and O–H groups in total. The molecule has 0 saturated carbocycles. The molecule has 3 rings (SSSR count). The van der Waals surface area contributed by atoms with E-state index in [4.69, 9.17) is 4.74 Å². The Balaban J connectivity index is 2.45. The Labute approximate surface area is 115 Å². The number of hydrogen-bond acceptors (Lipinski definition) is 5. The maximum absolute atomic E-state index is 5.23. The Kier molecular flexibility index (Phi) is 2.89. The Hall–Kier alpha value is -1.69. The van der Waals surface area contributed by atoms with E-state index in [0.717, 1.165) is 46.0 Å². The number of fused-ring (bicyclic) bond motifs is 3. The van der Waals surface area contributed by atoms with Gasteiger partial charge in [0.05, 0.1) is 24.0 Å². The van der Waals surface area contributed by atoms with Crippen molar-refractivity contribution in [1.29, 1.82) is 0 Å². The number of hydrogen-bond donors (Lipinski definition) is 0. The molecule has 0 fully saturated rings. The molecule has 3 heterocycles. The molecule has 0 aromatic carbocycles. The second-order valence-corrected chi connectivity index (χ2v) is 5.50. The fraction of sp³-hybridized carbons (Fsp3) is 0.462. The van der Waals surface area contributed by atoms with Crippen LogP contribution in [0.4, 0.5) is 0 Å². The largest absolute Gasteiger partial charge is 0.473 e. The summed E-state index contributed by atoms with van der Waals surface area (Å²) in [6.07, 6.45) is 2.00. The number of aromatic nitrogens is 4. The molecule has 0 spiro atoms. The highest BCUT2D eigenvalue weighted by molar-refractivity contribution is 7.19. The predicted octanol–water partition coefficient (Wildman–Crippen LogP) is 2.92. The van der Waals surface area contributed by atoms with E-state index in [1.165, 1.54) is 11.3 Å². The van der Waals surface area contributed by atoms with Crippen molar-refractivity contribution in [3.63, 3.8) is 0 Å². The first kappa shape index (κ1) is 12.3. The highest BCUT2D eigenvalue weighted by atomic mass is 32.1. The fourth-order valence-corrected chi connectivity index (χ4v) is 3.22. The van der Waals surface area contributed by atoms with Gasteiger partial charge in [0.25, 0.3) is 5.19 Å². The smallest absolute Gasteiger partial charge is 0.277 e. The topological polar surface area (TPSA) is 52.3 Å². The molecular weight excluding hydrogens is 260 g/mol. The van der Waals surface area contributed by atoms with Crippen LogP contribution in [-0.2, 0) is 6.42 Å². The number of methoxy groups -OCH3 is 1. The summed E-state index contributed by atoms with van der Waals surface area (Å²) >= 11 is 1.47. The number of nitrogens with zero attached hydrogens (tertiary/aromatic N) is 4. The van der Waals surface area contributed by atoms with Crippen molar-refractivity contribution in [2.24, 2.45) is 0 Å². The summed E-state index contributed by atoms with van der Waals surface area (Å²) in [4.78, 5) is 14.7. The summed E-state index contributed by atoms with van der Waals surface area (Å²) in [6, 6.07) is 0. The molecule has 0 unspecified atom stereocenters. The zero-order valence-electron chi connectivity index (χ0n) is 11.5. The molecule has 0 aliphatic heterocycles. The van der Waals surface area contributed by atoms with Gasteiger partial charge in [-0.2, -0.15) is 4.98 Å². The Morgan fingerprint density at radius 1 is 1.16 bits per heavy atom. The van der Waals surface area contributed by atoms with E-state index in [-0.39, 0.29) is 0 Å². The molecule has 0 amide bonds. The third-order valence-corrected chi connectivity index (χ3v) is 4.07. The minimum absolute atomic E-state index is 0.642. The van der Waals surface area contributed by atoms with E-state index in [9.17, 15) is 0 Å². The first-order chi connectivity index (χ1) is 9.15. The molecule has 5 nitrogen and oxygen atoms in total. The summed E-state index contributed by atoms with van der Waals surface area (Å²) in [5.74, 6) is 1.05. The highest BCUT2D eigenvalue weighted by Crippen LogP contribution is 2.29. The molecule has 3 aromatic heterocycles. The molecule has 0 atom stereocenters. The molecule has 6 heteroatoms. The van der Waals surface area contributed by atoms with Crippen LogP contribution in [0.1, 0.15) is 30.6 Å². The normalized spacial score (nSPS) is 11.6. The average Bonchev–Trinajstić information content (AvgIpc) is 2.91. The monoisotopic (exact) mass is 276 g/mol. The second-order valence-electron chi connectivity index (χ2n) is 4.56. The van der Waals surface area contributed by atoms with Gasteiger partial charge in [-0.3, -0.25) is 4.40 Å². The van der Waals surface area contributed by atoms with Crippen molar-refractivity contribution in [2.45, 2.75) is 33.6 Å². The van der Waals surface area contributed by atoms with E-state index in [1.807, 2.05) is 13.8 Å².